The topological polar surface area (TPSA) is 89.3 Å². The van der Waals surface area contributed by atoms with Gasteiger partial charge in [-0.1, -0.05) is 19.9 Å². The van der Waals surface area contributed by atoms with Crippen LogP contribution in [0.5, 0.6) is 0 Å². The number of sulfonamides is 1. The summed E-state index contributed by atoms with van der Waals surface area (Å²) in [6, 6.07) is 5.98. The molecule has 1 amide bonds. The second-order valence-electron chi connectivity index (χ2n) is 6.16. The van der Waals surface area contributed by atoms with Crippen molar-refractivity contribution in [3.05, 3.63) is 29.8 Å². The molecule has 1 saturated carbocycles. The molecule has 1 aromatic carbocycles. The van der Waals surface area contributed by atoms with Gasteiger partial charge in [-0.2, -0.15) is 0 Å². The van der Waals surface area contributed by atoms with Crippen molar-refractivity contribution in [1.82, 2.24) is 5.32 Å². The highest BCUT2D eigenvalue weighted by atomic mass is 32.2. The largest absolute Gasteiger partial charge is 0.349 e. The molecule has 1 aliphatic rings. The highest BCUT2D eigenvalue weighted by molar-refractivity contribution is 7.89. The Hall–Kier alpha value is -1.40. The summed E-state index contributed by atoms with van der Waals surface area (Å²) in [5, 5.41) is 8.09. The monoisotopic (exact) mass is 310 g/mol. The number of hydrogen-bond donors (Lipinski definition) is 2. The number of carbonyl (C=O) groups is 1. The third kappa shape index (κ3) is 4.28. The lowest BCUT2D eigenvalue weighted by Gasteiger charge is -2.32. The van der Waals surface area contributed by atoms with Crippen LogP contribution in [0.3, 0.4) is 0 Å². The molecule has 1 fully saturated rings. The molecule has 5 nitrogen and oxygen atoms in total. The Balaban J connectivity index is 2.10. The molecule has 0 heterocycles. The van der Waals surface area contributed by atoms with Crippen molar-refractivity contribution in [3.8, 4) is 0 Å². The van der Waals surface area contributed by atoms with E-state index in [2.05, 4.69) is 19.2 Å². The molecular weight excluding hydrogens is 288 g/mol. The summed E-state index contributed by atoms with van der Waals surface area (Å²) >= 11 is 0. The second kappa shape index (κ2) is 6.15. The Bertz CT molecular complexity index is 618. The number of nitrogens with two attached hydrogens (primary N) is 1. The lowest BCUT2D eigenvalue weighted by Crippen LogP contribution is -2.40. The van der Waals surface area contributed by atoms with Crippen LogP contribution in [0.4, 0.5) is 0 Å². The zero-order valence-corrected chi connectivity index (χ0v) is 13.2. The average molecular weight is 310 g/mol. The first kappa shape index (κ1) is 16.0. The third-order valence-electron chi connectivity index (χ3n) is 3.94. The van der Waals surface area contributed by atoms with E-state index in [1.807, 2.05) is 0 Å². The van der Waals surface area contributed by atoms with Gasteiger partial charge >= 0.3 is 0 Å². The first-order valence-electron chi connectivity index (χ1n) is 7.19. The van der Waals surface area contributed by atoms with Crippen LogP contribution in [0.25, 0.3) is 0 Å². The maximum Gasteiger partial charge on any atom is 0.251 e. The maximum absolute atomic E-state index is 12.3. The molecule has 0 radical (unpaired) electrons. The standard InChI is InChI=1S/C15H22N2O3S/c1-10-6-11(2)8-13(7-10)17-15(18)12-4-3-5-14(9-12)21(16,19)20/h3-5,9-11,13H,6-8H2,1-2H3,(H,17,18)(H2,16,19,20). The van der Waals surface area contributed by atoms with Crippen LogP contribution in [-0.2, 0) is 10.0 Å². The van der Waals surface area contributed by atoms with Gasteiger partial charge in [0.1, 0.15) is 0 Å². The molecule has 1 aromatic rings. The Morgan fingerprint density at radius 2 is 1.81 bits per heavy atom. The SMILES string of the molecule is CC1CC(C)CC(NC(=O)c2cccc(S(N)(=O)=O)c2)C1. The van der Waals surface area contributed by atoms with Gasteiger partial charge < -0.3 is 5.32 Å². The molecule has 2 atom stereocenters. The van der Waals surface area contributed by atoms with Crippen LogP contribution in [0, 0.1) is 11.8 Å². The van der Waals surface area contributed by atoms with E-state index >= 15 is 0 Å². The number of nitrogens with one attached hydrogen (secondary N) is 1. The predicted molar refractivity (Wildman–Crippen MR) is 81.2 cm³/mol. The normalized spacial score (nSPS) is 26.3. The minimum Gasteiger partial charge on any atom is -0.349 e. The van der Waals surface area contributed by atoms with E-state index in [4.69, 9.17) is 5.14 Å². The van der Waals surface area contributed by atoms with E-state index in [9.17, 15) is 13.2 Å². The van der Waals surface area contributed by atoms with Gasteiger partial charge in [0.25, 0.3) is 5.91 Å². The highest BCUT2D eigenvalue weighted by Gasteiger charge is 2.25. The Labute approximate surface area is 126 Å². The van der Waals surface area contributed by atoms with Crippen molar-refractivity contribution in [2.75, 3.05) is 0 Å². The second-order valence-corrected chi connectivity index (χ2v) is 7.72. The van der Waals surface area contributed by atoms with Crippen LogP contribution in [0.1, 0.15) is 43.5 Å². The van der Waals surface area contributed by atoms with E-state index in [-0.39, 0.29) is 16.8 Å². The first-order valence-corrected chi connectivity index (χ1v) is 8.74. The average Bonchev–Trinajstić information content (AvgIpc) is 2.36. The molecule has 2 unspecified atom stereocenters. The van der Waals surface area contributed by atoms with Crippen molar-refractivity contribution in [1.29, 1.82) is 0 Å². The van der Waals surface area contributed by atoms with Crippen LogP contribution < -0.4 is 10.5 Å². The maximum atomic E-state index is 12.3. The van der Waals surface area contributed by atoms with Gasteiger partial charge in [-0.3, -0.25) is 4.79 Å². The molecule has 0 aromatic heterocycles. The van der Waals surface area contributed by atoms with Crippen LogP contribution >= 0.6 is 0 Å². The van der Waals surface area contributed by atoms with E-state index < -0.39 is 10.0 Å². The number of amides is 1. The van der Waals surface area contributed by atoms with Gasteiger partial charge in [0.05, 0.1) is 4.90 Å². The number of primary sulfonamides is 1. The molecule has 116 valence electrons. The molecule has 0 aliphatic heterocycles. The quantitative estimate of drug-likeness (QED) is 0.893. The van der Waals surface area contributed by atoms with Crippen LogP contribution in [-0.4, -0.2) is 20.4 Å². The fourth-order valence-electron chi connectivity index (χ4n) is 3.15. The zero-order valence-electron chi connectivity index (χ0n) is 12.4. The minimum atomic E-state index is -3.79. The summed E-state index contributed by atoms with van der Waals surface area (Å²) in [5.74, 6) is 0.941. The van der Waals surface area contributed by atoms with Crippen molar-refractivity contribution < 1.29 is 13.2 Å². The molecule has 2 rings (SSSR count). The van der Waals surface area contributed by atoms with Crippen LogP contribution in [0.15, 0.2) is 29.2 Å². The summed E-state index contributed by atoms with van der Waals surface area (Å²) in [7, 11) is -3.79. The van der Waals surface area contributed by atoms with Crippen LogP contribution in [0.2, 0.25) is 0 Å². The number of hydrogen-bond acceptors (Lipinski definition) is 3. The minimum absolute atomic E-state index is 0.0412. The summed E-state index contributed by atoms with van der Waals surface area (Å²) in [5.41, 5.74) is 0.326. The summed E-state index contributed by atoms with van der Waals surface area (Å²) in [6.07, 6.45) is 3.11. The zero-order chi connectivity index (χ0) is 15.6. The summed E-state index contributed by atoms with van der Waals surface area (Å²) in [6.45, 7) is 4.38. The van der Waals surface area contributed by atoms with Gasteiger partial charge in [0.2, 0.25) is 10.0 Å². The van der Waals surface area contributed by atoms with Crippen molar-refractivity contribution in [2.45, 2.75) is 44.0 Å². The van der Waals surface area contributed by atoms with Gasteiger partial charge in [0, 0.05) is 11.6 Å². The Morgan fingerprint density at radius 1 is 1.19 bits per heavy atom. The Morgan fingerprint density at radius 3 is 2.38 bits per heavy atom. The molecular formula is C15H22N2O3S. The number of carbonyl (C=O) groups excluding carboxylic acids is 1. The molecule has 0 saturated heterocycles. The first-order chi connectivity index (χ1) is 9.75. The third-order valence-corrected chi connectivity index (χ3v) is 4.85. The van der Waals surface area contributed by atoms with E-state index in [0.717, 1.165) is 12.8 Å². The van der Waals surface area contributed by atoms with E-state index in [1.165, 1.54) is 24.6 Å². The lowest BCUT2D eigenvalue weighted by molar-refractivity contribution is 0.0911. The summed E-state index contributed by atoms with van der Waals surface area (Å²) < 4.78 is 22.7. The van der Waals surface area contributed by atoms with Gasteiger partial charge in [0.15, 0.2) is 0 Å². The number of rotatable bonds is 3. The molecule has 0 spiro atoms. The van der Waals surface area contributed by atoms with Gasteiger partial charge in [-0.25, -0.2) is 13.6 Å². The number of benzene rings is 1. The molecule has 3 N–H and O–H groups in total. The highest BCUT2D eigenvalue weighted by Crippen LogP contribution is 2.28. The molecule has 1 aliphatic carbocycles. The molecule has 0 bridgehead atoms. The molecule has 6 heteroatoms. The van der Waals surface area contributed by atoms with Gasteiger partial charge in [-0.15, -0.1) is 0 Å². The molecule has 21 heavy (non-hydrogen) atoms. The van der Waals surface area contributed by atoms with E-state index in [1.54, 1.807) is 6.07 Å². The van der Waals surface area contributed by atoms with Crippen molar-refractivity contribution in [3.63, 3.8) is 0 Å². The van der Waals surface area contributed by atoms with Crippen molar-refractivity contribution >= 4 is 15.9 Å². The fraction of sp³-hybridized carbons (Fsp3) is 0.533. The Kier molecular flexibility index (Phi) is 4.68. The van der Waals surface area contributed by atoms with Gasteiger partial charge in [-0.05, 0) is 49.3 Å². The smallest absolute Gasteiger partial charge is 0.251 e. The lowest BCUT2D eigenvalue weighted by atomic mass is 9.80. The van der Waals surface area contributed by atoms with Crippen molar-refractivity contribution in [2.24, 2.45) is 17.0 Å². The predicted octanol–water partition coefficient (Wildman–Crippen LogP) is 1.89. The fourth-order valence-corrected chi connectivity index (χ4v) is 3.71. The van der Waals surface area contributed by atoms with E-state index in [0.29, 0.717) is 17.4 Å². The summed E-state index contributed by atoms with van der Waals surface area (Å²) in [4.78, 5) is 12.2.